The fraction of sp³-hybridized carbons (Fsp3) is 0.308. The summed E-state index contributed by atoms with van der Waals surface area (Å²) >= 11 is -0.826. The molecule has 0 fully saturated rings. The van der Waals surface area contributed by atoms with Crippen molar-refractivity contribution < 1.29 is 20.8 Å². The summed E-state index contributed by atoms with van der Waals surface area (Å²) in [4.78, 5) is 0. The van der Waals surface area contributed by atoms with Crippen molar-refractivity contribution in [3.63, 3.8) is 0 Å². The Morgan fingerprint density at radius 2 is 1.20 bits per heavy atom. The monoisotopic (exact) mass is 532 g/mol. The molecule has 0 unspecified atom stereocenters. The summed E-state index contributed by atoms with van der Waals surface area (Å²) in [5, 5.41) is 5.51. The Labute approximate surface area is 204 Å². The van der Waals surface area contributed by atoms with Crippen LogP contribution in [0.3, 0.4) is 0 Å². The second-order valence-electron chi connectivity index (χ2n) is 7.40. The van der Waals surface area contributed by atoms with Crippen LogP contribution in [0.4, 0.5) is 0 Å². The molecule has 2 radical (unpaired) electrons. The number of rotatable bonds is 2. The Morgan fingerprint density at radius 3 is 1.47 bits per heavy atom. The fourth-order valence-corrected chi connectivity index (χ4v) is 3.83. The molecule has 4 heteroatoms. The molecule has 0 nitrogen and oxygen atoms in total. The van der Waals surface area contributed by atoms with E-state index in [1.165, 1.54) is 56.3 Å². The van der Waals surface area contributed by atoms with Crippen LogP contribution in [0, 0.1) is 27.7 Å². The van der Waals surface area contributed by atoms with Crippen LogP contribution in [0.15, 0.2) is 60.7 Å². The normalized spacial score (nSPS) is 9.60. The third kappa shape index (κ3) is 9.23. The molecule has 0 atom stereocenters. The third-order valence-electron chi connectivity index (χ3n) is 4.73. The molecule has 0 amide bonds. The van der Waals surface area contributed by atoms with E-state index < -0.39 is 20.8 Å². The average molecular weight is 535 g/mol. The van der Waals surface area contributed by atoms with Crippen LogP contribution in [0.25, 0.3) is 21.5 Å². The van der Waals surface area contributed by atoms with Crippen LogP contribution in [0.5, 0.6) is 0 Å². The SMILES string of the molecule is CCC[Si]C.Cc1cc2c(C)cccc2[cH-]1.Cc1cc2c(C)cccc2[cH-]1.[Cl][Zr+2][Cl]. The Hall–Kier alpha value is -0.660. The summed E-state index contributed by atoms with van der Waals surface area (Å²) in [5.74, 6) is 0. The molecule has 0 saturated heterocycles. The Balaban J connectivity index is 0.000000225. The zero-order valence-electron chi connectivity index (χ0n) is 18.9. The molecule has 0 heterocycles. The van der Waals surface area contributed by atoms with Crippen molar-refractivity contribution in [3.8, 4) is 0 Å². The summed E-state index contributed by atoms with van der Waals surface area (Å²) in [7, 11) is 11.0. The summed E-state index contributed by atoms with van der Waals surface area (Å²) in [6, 6.07) is 23.2. The van der Waals surface area contributed by atoms with Gasteiger partial charge < -0.3 is 0 Å². The van der Waals surface area contributed by atoms with Gasteiger partial charge in [-0.05, 0) is 13.8 Å². The van der Waals surface area contributed by atoms with Gasteiger partial charge in [-0.3, -0.25) is 0 Å². The van der Waals surface area contributed by atoms with E-state index in [9.17, 15) is 0 Å². The second-order valence-corrected chi connectivity index (χ2v) is 12.3. The molecule has 0 N–H and O–H groups in total. The number of hydrogen-bond acceptors (Lipinski definition) is 0. The third-order valence-corrected chi connectivity index (χ3v) is 5.73. The first-order valence-electron chi connectivity index (χ1n) is 10.2. The molecule has 30 heavy (non-hydrogen) atoms. The van der Waals surface area contributed by atoms with Crippen LogP contribution < -0.4 is 0 Å². The van der Waals surface area contributed by atoms with Gasteiger partial charge in [-0.25, -0.2) is 0 Å². The van der Waals surface area contributed by atoms with Gasteiger partial charge in [-0.15, -0.1) is 69.1 Å². The van der Waals surface area contributed by atoms with Gasteiger partial charge in [0.15, 0.2) is 0 Å². The number of benzene rings is 2. The van der Waals surface area contributed by atoms with Crippen LogP contribution in [-0.4, -0.2) is 9.52 Å². The Bertz CT molecular complexity index is 921. The van der Waals surface area contributed by atoms with Crippen LogP contribution >= 0.6 is 17.0 Å². The zero-order valence-corrected chi connectivity index (χ0v) is 23.9. The predicted octanol–water partition coefficient (Wildman–Crippen LogP) is 9.29. The van der Waals surface area contributed by atoms with Gasteiger partial charge in [0.05, 0.1) is 0 Å². The van der Waals surface area contributed by atoms with E-state index in [-0.39, 0.29) is 0 Å². The molecular formula is C26H32Cl2SiZr. The molecule has 0 bridgehead atoms. The first kappa shape index (κ1) is 27.4. The molecule has 4 rings (SSSR count). The molecule has 0 aromatic heterocycles. The predicted molar refractivity (Wildman–Crippen MR) is 136 cm³/mol. The average Bonchev–Trinajstić information content (AvgIpc) is 3.27. The minimum atomic E-state index is -0.826. The van der Waals surface area contributed by atoms with Crippen LogP contribution in [0.2, 0.25) is 12.6 Å². The van der Waals surface area contributed by atoms with Crippen molar-refractivity contribution >= 4 is 48.1 Å². The molecule has 0 aliphatic carbocycles. The van der Waals surface area contributed by atoms with Gasteiger partial charge in [0, 0.05) is 9.52 Å². The fourth-order valence-electron chi connectivity index (χ4n) is 3.33. The van der Waals surface area contributed by atoms with Gasteiger partial charge in [0.1, 0.15) is 0 Å². The first-order valence-corrected chi connectivity index (χ1v) is 18.3. The maximum absolute atomic E-state index is 4.93. The Morgan fingerprint density at radius 1 is 0.800 bits per heavy atom. The second kappa shape index (κ2) is 15.2. The van der Waals surface area contributed by atoms with Crippen molar-refractivity contribution in [2.75, 3.05) is 0 Å². The van der Waals surface area contributed by atoms with Crippen molar-refractivity contribution in [3.05, 3.63) is 82.9 Å². The van der Waals surface area contributed by atoms with E-state index >= 15 is 0 Å². The van der Waals surface area contributed by atoms with E-state index in [0.717, 1.165) is 9.52 Å². The first-order chi connectivity index (χ1) is 14.4. The molecule has 0 aliphatic heterocycles. The Kier molecular flexibility index (Phi) is 13.9. The van der Waals surface area contributed by atoms with E-state index in [4.69, 9.17) is 17.0 Å². The van der Waals surface area contributed by atoms with Gasteiger partial charge in [0.2, 0.25) is 0 Å². The molecule has 0 aliphatic rings. The maximum atomic E-state index is 4.93. The molecule has 158 valence electrons. The van der Waals surface area contributed by atoms with Crippen LogP contribution in [0.1, 0.15) is 35.6 Å². The van der Waals surface area contributed by atoms with Gasteiger partial charge >= 0.3 is 37.9 Å². The molecule has 4 aromatic rings. The van der Waals surface area contributed by atoms with Crippen molar-refractivity contribution in [2.45, 2.75) is 53.6 Å². The van der Waals surface area contributed by atoms with E-state index in [1.54, 1.807) is 0 Å². The molecule has 4 aromatic carbocycles. The summed E-state index contributed by atoms with van der Waals surface area (Å²) in [5.41, 5.74) is 5.45. The molecule has 0 spiro atoms. The number of hydrogen-bond donors (Lipinski definition) is 0. The number of halogens is 2. The zero-order chi connectivity index (χ0) is 22.5. The number of fused-ring (bicyclic) bond motifs is 2. The van der Waals surface area contributed by atoms with E-state index in [2.05, 4.69) is 102 Å². The quantitative estimate of drug-likeness (QED) is 0.178. The van der Waals surface area contributed by atoms with Gasteiger partial charge in [-0.2, -0.15) is 12.1 Å². The van der Waals surface area contributed by atoms with Gasteiger partial charge in [0.25, 0.3) is 0 Å². The van der Waals surface area contributed by atoms with E-state index in [1.807, 2.05) is 0 Å². The summed E-state index contributed by atoms with van der Waals surface area (Å²) in [6.07, 6.45) is 1.36. The van der Waals surface area contributed by atoms with Crippen LogP contribution in [-0.2, 0) is 20.8 Å². The van der Waals surface area contributed by atoms with E-state index in [0.29, 0.717) is 0 Å². The summed E-state index contributed by atoms with van der Waals surface area (Å²) in [6.45, 7) is 13.0. The van der Waals surface area contributed by atoms with Gasteiger partial charge in [-0.1, -0.05) is 63.0 Å². The van der Waals surface area contributed by atoms with Crippen molar-refractivity contribution in [1.82, 2.24) is 0 Å². The van der Waals surface area contributed by atoms with Crippen molar-refractivity contribution in [2.24, 2.45) is 0 Å². The topological polar surface area (TPSA) is 0 Å². The van der Waals surface area contributed by atoms with Crippen molar-refractivity contribution in [1.29, 1.82) is 0 Å². The standard InChI is InChI=1S/2C11H11.C4H10Si.2ClH.Zr/c2*1-8-6-10-5-3-4-9(2)11(10)7-8;1-3-4-5-2;;;/h2*3-7H,1-2H3;3-4H2,1-2H3;2*1H;/q2*-1;;;;+4/p-2. The minimum absolute atomic E-state index is 0.826. The molecular weight excluding hydrogens is 503 g/mol. The summed E-state index contributed by atoms with van der Waals surface area (Å²) < 4.78 is 0. The molecule has 0 saturated carbocycles. The number of aryl methyl sites for hydroxylation is 4.